The van der Waals surface area contributed by atoms with E-state index in [9.17, 15) is 9.50 Å². The number of rotatable bonds is 6. The molecule has 4 N–H and O–H groups in total. The van der Waals surface area contributed by atoms with Gasteiger partial charge in [0.05, 0.1) is 20.0 Å². The van der Waals surface area contributed by atoms with Crippen molar-refractivity contribution in [2.24, 2.45) is 0 Å². The minimum atomic E-state index is -1.25. The molecule has 3 heterocycles. The number of nitrogen functional groups attached to an aromatic ring is 1. The number of anilines is 2. The molecule has 9 nitrogen and oxygen atoms in total. The molecule has 1 fully saturated rings. The Kier molecular flexibility index (Phi) is 4.97. The number of nitrogens with zero attached hydrogens (tertiary/aromatic N) is 4. The number of aliphatic hydroxyl groups is 1. The van der Waals surface area contributed by atoms with E-state index >= 15 is 0 Å². The van der Waals surface area contributed by atoms with Crippen LogP contribution in [0.4, 0.5) is 16.2 Å². The predicted octanol–water partition coefficient (Wildman–Crippen LogP) is 1.65. The zero-order valence-corrected chi connectivity index (χ0v) is 15.2. The topological polar surface area (TPSA) is 120 Å². The highest BCUT2D eigenvalue weighted by atomic mass is 19.1. The first-order chi connectivity index (χ1) is 13.6. The van der Waals surface area contributed by atoms with E-state index in [1.54, 1.807) is 11.7 Å². The van der Waals surface area contributed by atoms with Crippen LogP contribution in [0.3, 0.4) is 0 Å². The third-order valence-corrected chi connectivity index (χ3v) is 4.71. The molecule has 0 amide bonds. The molecular formula is C18H21FN6O3. The third-order valence-electron chi connectivity index (χ3n) is 4.71. The minimum Gasteiger partial charge on any atom is -0.497 e. The van der Waals surface area contributed by atoms with Crippen LogP contribution < -0.4 is 15.8 Å². The van der Waals surface area contributed by atoms with E-state index in [1.165, 1.54) is 6.33 Å². The highest BCUT2D eigenvalue weighted by Gasteiger charge is 2.36. The van der Waals surface area contributed by atoms with Gasteiger partial charge < -0.3 is 25.6 Å². The lowest BCUT2D eigenvalue weighted by Crippen LogP contribution is -2.21. The number of methoxy groups -OCH3 is 1. The smallest absolute Gasteiger partial charge is 0.224 e. The number of halogens is 1. The number of ether oxygens (including phenoxy) is 2. The molecule has 1 aliphatic rings. The van der Waals surface area contributed by atoms with Crippen LogP contribution in [0.15, 0.2) is 30.6 Å². The van der Waals surface area contributed by atoms with Crippen molar-refractivity contribution in [2.75, 3.05) is 24.8 Å². The van der Waals surface area contributed by atoms with Crippen LogP contribution in [-0.2, 0) is 11.3 Å². The Balaban J connectivity index is 1.58. The van der Waals surface area contributed by atoms with E-state index < -0.39 is 18.5 Å². The van der Waals surface area contributed by atoms with Crippen LogP contribution >= 0.6 is 0 Å². The van der Waals surface area contributed by atoms with Gasteiger partial charge in [-0.05, 0) is 17.7 Å². The van der Waals surface area contributed by atoms with Gasteiger partial charge in [-0.1, -0.05) is 12.1 Å². The first kappa shape index (κ1) is 18.4. The quantitative estimate of drug-likeness (QED) is 0.583. The van der Waals surface area contributed by atoms with Crippen molar-refractivity contribution in [2.45, 2.75) is 31.5 Å². The molecular weight excluding hydrogens is 367 g/mol. The van der Waals surface area contributed by atoms with Crippen molar-refractivity contribution in [1.29, 1.82) is 0 Å². The van der Waals surface area contributed by atoms with Crippen molar-refractivity contribution >= 4 is 22.9 Å². The summed E-state index contributed by atoms with van der Waals surface area (Å²) in [5.74, 6) is 1.32. The number of fused-ring (bicyclic) bond motifs is 1. The molecule has 1 aliphatic heterocycles. The number of aromatic nitrogens is 4. The van der Waals surface area contributed by atoms with E-state index in [1.807, 2.05) is 24.3 Å². The van der Waals surface area contributed by atoms with Gasteiger partial charge in [0.1, 0.15) is 24.3 Å². The van der Waals surface area contributed by atoms with Gasteiger partial charge in [0.25, 0.3) is 0 Å². The Morgan fingerprint density at radius 1 is 1.36 bits per heavy atom. The van der Waals surface area contributed by atoms with Crippen molar-refractivity contribution < 1.29 is 19.0 Å². The van der Waals surface area contributed by atoms with Crippen LogP contribution in [0.1, 0.15) is 18.2 Å². The van der Waals surface area contributed by atoms with Crippen LogP contribution in [-0.4, -0.2) is 50.6 Å². The molecule has 2 aromatic heterocycles. The average molecular weight is 388 g/mol. The molecule has 3 aromatic rings. The van der Waals surface area contributed by atoms with Crippen LogP contribution in [0.25, 0.3) is 11.2 Å². The fourth-order valence-corrected chi connectivity index (χ4v) is 3.22. The average Bonchev–Trinajstić information content (AvgIpc) is 3.29. The Hall–Kier alpha value is -2.98. The van der Waals surface area contributed by atoms with Crippen molar-refractivity contribution in [3.05, 3.63) is 36.2 Å². The third kappa shape index (κ3) is 3.43. The normalized spacial score (nSPS) is 21.9. The summed E-state index contributed by atoms with van der Waals surface area (Å²) < 4.78 is 26.3. The van der Waals surface area contributed by atoms with Crippen molar-refractivity contribution in [3.63, 3.8) is 0 Å². The molecule has 10 heteroatoms. The number of benzene rings is 1. The number of imidazole rings is 1. The van der Waals surface area contributed by atoms with Crippen LogP contribution in [0, 0.1) is 0 Å². The molecule has 0 spiro atoms. The Morgan fingerprint density at radius 3 is 2.82 bits per heavy atom. The van der Waals surface area contributed by atoms with E-state index in [0.29, 0.717) is 23.5 Å². The maximum Gasteiger partial charge on any atom is 0.224 e. The highest BCUT2D eigenvalue weighted by Crippen LogP contribution is 2.33. The van der Waals surface area contributed by atoms with Gasteiger partial charge in [-0.2, -0.15) is 9.97 Å². The zero-order chi connectivity index (χ0) is 19.7. The van der Waals surface area contributed by atoms with E-state index in [0.717, 1.165) is 11.3 Å². The Morgan fingerprint density at radius 2 is 2.14 bits per heavy atom. The monoisotopic (exact) mass is 388 g/mol. The van der Waals surface area contributed by atoms with Gasteiger partial charge >= 0.3 is 0 Å². The summed E-state index contributed by atoms with van der Waals surface area (Å²) in [7, 11) is 1.62. The van der Waals surface area contributed by atoms with E-state index in [2.05, 4.69) is 20.3 Å². The molecule has 4 rings (SSSR count). The van der Waals surface area contributed by atoms with Crippen LogP contribution in [0.2, 0.25) is 0 Å². The van der Waals surface area contributed by atoms with Gasteiger partial charge in [0.2, 0.25) is 5.95 Å². The first-order valence-electron chi connectivity index (χ1n) is 8.86. The molecule has 0 radical (unpaired) electrons. The summed E-state index contributed by atoms with van der Waals surface area (Å²) in [5.41, 5.74) is 7.84. The van der Waals surface area contributed by atoms with Gasteiger partial charge in [-0.3, -0.25) is 4.57 Å². The summed E-state index contributed by atoms with van der Waals surface area (Å²) in [5, 5.41) is 12.4. The van der Waals surface area contributed by atoms with Gasteiger partial charge in [-0.25, -0.2) is 9.37 Å². The molecule has 0 bridgehead atoms. The number of hydrogen-bond acceptors (Lipinski definition) is 8. The molecule has 3 atom stereocenters. The molecule has 0 saturated carbocycles. The summed E-state index contributed by atoms with van der Waals surface area (Å²) in [4.78, 5) is 12.8. The Bertz CT molecular complexity index is 964. The lowest BCUT2D eigenvalue weighted by Gasteiger charge is -2.14. The summed E-state index contributed by atoms with van der Waals surface area (Å²) in [6, 6.07) is 7.63. The van der Waals surface area contributed by atoms with Gasteiger partial charge in [0.15, 0.2) is 17.0 Å². The fourth-order valence-electron chi connectivity index (χ4n) is 3.22. The second kappa shape index (κ2) is 7.56. The molecule has 28 heavy (non-hydrogen) atoms. The largest absolute Gasteiger partial charge is 0.497 e. The Labute approximate surface area is 160 Å². The number of alkyl halides is 1. The van der Waals surface area contributed by atoms with E-state index in [-0.39, 0.29) is 19.0 Å². The van der Waals surface area contributed by atoms with Gasteiger partial charge in [0, 0.05) is 13.0 Å². The second-order valence-electron chi connectivity index (χ2n) is 6.52. The maximum atomic E-state index is 14.0. The fraction of sp³-hybridized carbons (Fsp3) is 0.389. The highest BCUT2D eigenvalue weighted by molar-refractivity contribution is 5.84. The molecule has 0 unspecified atom stereocenters. The number of aliphatic hydroxyl groups excluding tert-OH is 1. The standard InChI is InChI=1S/C18H21FN6O3/c1-27-11-4-2-10(3-5-11)7-21-16-15-17(24-18(20)23-16)25(9-22-15)14-6-12(19)13(8-26)28-14/h2-5,9,12-14,26H,6-8H2,1H3,(H3,20,21,23,24)/t12-,13+,14+/m0/s1. The zero-order valence-electron chi connectivity index (χ0n) is 15.2. The number of nitrogens with one attached hydrogen (secondary N) is 1. The lowest BCUT2D eigenvalue weighted by molar-refractivity contribution is -0.0323. The van der Waals surface area contributed by atoms with E-state index in [4.69, 9.17) is 15.2 Å². The summed E-state index contributed by atoms with van der Waals surface area (Å²) in [6.45, 7) is 0.123. The van der Waals surface area contributed by atoms with Gasteiger partial charge in [-0.15, -0.1) is 0 Å². The number of hydrogen-bond donors (Lipinski definition) is 3. The molecule has 1 saturated heterocycles. The van der Waals surface area contributed by atoms with Crippen molar-refractivity contribution in [3.8, 4) is 5.75 Å². The molecule has 1 aromatic carbocycles. The second-order valence-corrected chi connectivity index (χ2v) is 6.52. The first-order valence-corrected chi connectivity index (χ1v) is 8.86. The number of nitrogens with two attached hydrogens (primary N) is 1. The minimum absolute atomic E-state index is 0.0694. The lowest BCUT2D eigenvalue weighted by atomic mass is 10.2. The molecule has 148 valence electrons. The predicted molar refractivity (Wildman–Crippen MR) is 101 cm³/mol. The molecule has 0 aliphatic carbocycles. The van der Waals surface area contributed by atoms with Crippen molar-refractivity contribution in [1.82, 2.24) is 19.5 Å². The summed E-state index contributed by atoms with van der Waals surface area (Å²) >= 11 is 0. The van der Waals surface area contributed by atoms with Crippen LogP contribution in [0.5, 0.6) is 5.75 Å². The SMILES string of the molecule is COc1ccc(CNc2nc(N)nc3c2ncn3[C@H]2C[C@H](F)[C@@H](CO)O2)cc1. The summed E-state index contributed by atoms with van der Waals surface area (Å²) in [6.07, 6.45) is -1.08. The maximum absolute atomic E-state index is 14.0.